The van der Waals surface area contributed by atoms with Crippen molar-refractivity contribution in [3.8, 4) is 0 Å². The number of aromatic nitrogens is 2. The molecule has 100 valence electrons. The number of halogens is 2. The summed E-state index contributed by atoms with van der Waals surface area (Å²) in [5.41, 5.74) is 0.0118. The maximum absolute atomic E-state index is 13.5. The summed E-state index contributed by atoms with van der Waals surface area (Å²) in [4.78, 5) is 11.9. The van der Waals surface area contributed by atoms with E-state index in [4.69, 9.17) is 11.6 Å². The van der Waals surface area contributed by atoms with E-state index < -0.39 is 11.7 Å². The third-order valence-corrected chi connectivity index (χ3v) is 3.24. The van der Waals surface area contributed by atoms with Crippen LogP contribution < -0.4 is 10.6 Å². The highest BCUT2D eigenvalue weighted by molar-refractivity contribution is 7.17. The standard InChI is InChI=1S/C11H10ClFN4OS/c1-2-14-11-17-16-10(19-11)9(18)15-8-5-6(12)3-4-7(8)13/h3-5H,2H2,1H3,(H,14,17)(H,15,18). The van der Waals surface area contributed by atoms with E-state index in [2.05, 4.69) is 20.8 Å². The summed E-state index contributed by atoms with van der Waals surface area (Å²) in [7, 11) is 0. The van der Waals surface area contributed by atoms with Gasteiger partial charge in [-0.2, -0.15) is 0 Å². The zero-order valence-electron chi connectivity index (χ0n) is 9.91. The molecule has 2 N–H and O–H groups in total. The van der Waals surface area contributed by atoms with Crippen molar-refractivity contribution >= 4 is 39.7 Å². The molecule has 0 saturated heterocycles. The lowest BCUT2D eigenvalue weighted by Gasteiger charge is -2.04. The predicted octanol–water partition coefficient (Wildman–Crippen LogP) is 3.01. The van der Waals surface area contributed by atoms with Gasteiger partial charge in [-0.25, -0.2) is 4.39 Å². The van der Waals surface area contributed by atoms with Gasteiger partial charge in [0.2, 0.25) is 10.1 Å². The van der Waals surface area contributed by atoms with Gasteiger partial charge in [-0.3, -0.25) is 4.79 Å². The average Bonchev–Trinajstić information content (AvgIpc) is 2.83. The summed E-state index contributed by atoms with van der Waals surface area (Å²) >= 11 is 6.83. The third-order valence-electron chi connectivity index (χ3n) is 2.12. The number of amides is 1. The van der Waals surface area contributed by atoms with Crippen LogP contribution in [0.3, 0.4) is 0 Å². The van der Waals surface area contributed by atoms with Gasteiger partial charge in [-0.15, -0.1) is 10.2 Å². The van der Waals surface area contributed by atoms with Crippen LogP contribution in [-0.2, 0) is 0 Å². The maximum Gasteiger partial charge on any atom is 0.286 e. The Bertz CT molecular complexity index is 604. The molecule has 1 aromatic heterocycles. The van der Waals surface area contributed by atoms with E-state index in [-0.39, 0.29) is 10.7 Å². The molecule has 0 unspecified atom stereocenters. The molecule has 0 fully saturated rings. The molecule has 0 radical (unpaired) electrons. The molecule has 19 heavy (non-hydrogen) atoms. The highest BCUT2D eigenvalue weighted by atomic mass is 35.5. The summed E-state index contributed by atoms with van der Waals surface area (Å²) in [5.74, 6) is -1.09. The Balaban J connectivity index is 2.13. The first-order chi connectivity index (χ1) is 9.10. The van der Waals surface area contributed by atoms with Gasteiger partial charge in [0.1, 0.15) is 5.82 Å². The Hall–Kier alpha value is -1.73. The fraction of sp³-hybridized carbons (Fsp3) is 0.182. The molecular formula is C11H10ClFN4OS. The van der Waals surface area contributed by atoms with Gasteiger partial charge >= 0.3 is 0 Å². The van der Waals surface area contributed by atoms with Crippen LogP contribution in [0.5, 0.6) is 0 Å². The first-order valence-electron chi connectivity index (χ1n) is 5.44. The number of rotatable bonds is 4. The molecule has 0 aliphatic rings. The van der Waals surface area contributed by atoms with E-state index in [1.165, 1.54) is 18.2 Å². The summed E-state index contributed by atoms with van der Waals surface area (Å²) in [6, 6.07) is 3.92. The average molecular weight is 301 g/mol. The number of nitrogens with zero attached hydrogens (tertiary/aromatic N) is 2. The quantitative estimate of drug-likeness (QED) is 0.911. The van der Waals surface area contributed by atoms with Gasteiger partial charge in [-0.05, 0) is 25.1 Å². The minimum Gasteiger partial charge on any atom is -0.360 e. The Morgan fingerprint density at radius 1 is 1.47 bits per heavy atom. The minimum absolute atomic E-state index is 0.0118. The lowest BCUT2D eigenvalue weighted by molar-refractivity contribution is 0.102. The second kappa shape index (κ2) is 5.94. The van der Waals surface area contributed by atoms with Crippen LogP contribution in [-0.4, -0.2) is 22.6 Å². The van der Waals surface area contributed by atoms with E-state index in [1.54, 1.807) is 0 Å². The van der Waals surface area contributed by atoms with Gasteiger partial charge in [-0.1, -0.05) is 22.9 Å². The van der Waals surface area contributed by atoms with E-state index >= 15 is 0 Å². The first kappa shape index (κ1) is 13.7. The van der Waals surface area contributed by atoms with Crippen LogP contribution in [0.2, 0.25) is 5.02 Å². The molecule has 0 bridgehead atoms. The number of anilines is 2. The molecule has 8 heteroatoms. The van der Waals surface area contributed by atoms with Crippen LogP contribution >= 0.6 is 22.9 Å². The Morgan fingerprint density at radius 2 is 2.26 bits per heavy atom. The smallest absolute Gasteiger partial charge is 0.286 e. The van der Waals surface area contributed by atoms with Crippen LogP contribution in [0.25, 0.3) is 0 Å². The third kappa shape index (κ3) is 3.39. The largest absolute Gasteiger partial charge is 0.360 e. The minimum atomic E-state index is -0.561. The number of hydrogen-bond acceptors (Lipinski definition) is 5. The van der Waals surface area contributed by atoms with E-state index in [9.17, 15) is 9.18 Å². The monoisotopic (exact) mass is 300 g/mol. The lowest BCUT2D eigenvalue weighted by Crippen LogP contribution is -2.12. The molecule has 5 nitrogen and oxygen atoms in total. The molecular weight excluding hydrogens is 291 g/mol. The summed E-state index contributed by atoms with van der Waals surface area (Å²) in [6.07, 6.45) is 0. The van der Waals surface area contributed by atoms with Gasteiger partial charge in [0.25, 0.3) is 5.91 Å². The number of carbonyl (C=O) groups is 1. The highest BCUT2D eigenvalue weighted by Crippen LogP contribution is 2.21. The van der Waals surface area contributed by atoms with Crippen molar-refractivity contribution < 1.29 is 9.18 Å². The van der Waals surface area contributed by atoms with Crippen molar-refractivity contribution in [3.05, 3.63) is 34.0 Å². The van der Waals surface area contributed by atoms with Gasteiger partial charge in [0.15, 0.2) is 0 Å². The molecule has 1 heterocycles. The summed E-state index contributed by atoms with van der Waals surface area (Å²) in [6.45, 7) is 2.58. The van der Waals surface area contributed by atoms with Crippen molar-refractivity contribution in [3.63, 3.8) is 0 Å². The Morgan fingerprint density at radius 3 is 3.00 bits per heavy atom. The van der Waals surface area contributed by atoms with Crippen LogP contribution in [0.15, 0.2) is 18.2 Å². The van der Waals surface area contributed by atoms with E-state index in [1.807, 2.05) is 6.92 Å². The fourth-order valence-corrected chi connectivity index (χ4v) is 2.19. The van der Waals surface area contributed by atoms with Crippen molar-refractivity contribution in [1.82, 2.24) is 10.2 Å². The van der Waals surface area contributed by atoms with Gasteiger partial charge < -0.3 is 10.6 Å². The number of benzene rings is 1. The SMILES string of the molecule is CCNc1nnc(C(=O)Nc2cc(Cl)ccc2F)s1. The van der Waals surface area contributed by atoms with E-state index in [0.29, 0.717) is 16.7 Å². The van der Waals surface area contributed by atoms with Crippen molar-refractivity contribution in [2.45, 2.75) is 6.92 Å². The molecule has 1 aromatic carbocycles. The maximum atomic E-state index is 13.5. The van der Waals surface area contributed by atoms with Crippen molar-refractivity contribution in [2.24, 2.45) is 0 Å². The lowest BCUT2D eigenvalue weighted by atomic mass is 10.3. The number of carbonyl (C=O) groups excluding carboxylic acids is 1. The highest BCUT2D eigenvalue weighted by Gasteiger charge is 2.14. The van der Waals surface area contributed by atoms with Crippen LogP contribution in [0, 0.1) is 5.82 Å². The van der Waals surface area contributed by atoms with Crippen molar-refractivity contribution in [1.29, 1.82) is 0 Å². The molecule has 2 aromatic rings. The second-order valence-corrected chi connectivity index (χ2v) is 4.93. The van der Waals surface area contributed by atoms with Crippen LogP contribution in [0.1, 0.15) is 16.7 Å². The summed E-state index contributed by atoms with van der Waals surface area (Å²) in [5, 5.41) is 13.9. The number of nitrogens with one attached hydrogen (secondary N) is 2. The predicted molar refractivity (Wildman–Crippen MR) is 73.4 cm³/mol. The molecule has 0 spiro atoms. The molecule has 0 aliphatic heterocycles. The number of hydrogen-bond donors (Lipinski definition) is 2. The Labute approximate surface area is 117 Å². The van der Waals surface area contributed by atoms with Crippen molar-refractivity contribution in [2.75, 3.05) is 17.2 Å². The van der Waals surface area contributed by atoms with Crippen LogP contribution in [0.4, 0.5) is 15.2 Å². The molecule has 2 rings (SSSR count). The normalized spacial score (nSPS) is 10.3. The fourth-order valence-electron chi connectivity index (χ4n) is 1.31. The topological polar surface area (TPSA) is 66.9 Å². The van der Waals surface area contributed by atoms with Gasteiger partial charge in [0, 0.05) is 11.6 Å². The zero-order chi connectivity index (χ0) is 13.8. The van der Waals surface area contributed by atoms with Gasteiger partial charge in [0.05, 0.1) is 5.69 Å². The molecule has 0 atom stereocenters. The zero-order valence-corrected chi connectivity index (χ0v) is 11.5. The second-order valence-electron chi connectivity index (χ2n) is 3.52. The van der Waals surface area contributed by atoms with E-state index in [0.717, 1.165) is 11.3 Å². The molecule has 1 amide bonds. The molecule has 0 aliphatic carbocycles. The summed E-state index contributed by atoms with van der Waals surface area (Å²) < 4.78 is 13.5. The molecule has 0 saturated carbocycles. The first-order valence-corrected chi connectivity index (χ1v) is 6.63. The Kier molecular flexibility index (Phi) is 4.28.